The second-order valence-electron chi connectivity index (χ2n) is 14.4. The van der Waals surface area contributed by atoms with Crippen molar-refractivity contribution in [3.05, 3.63) is 206 Å². The Bertz CT molecular complexity index is 3000. The number of fused-ring (bicyclic) bond motifs is 5. The van der Waals surface area contributed by atoms with Gasteiger partial charge in [-0.3, -0.25) is 0 Å². The van der Waals surface area contributed by atoms with Crippen LogP contribution in [0.5, 0.6) is 0 Å². The molecule has 0 radical (unpaired) electrons. The van der Waals surface area contributed by atoms with Gasteiger partial charge in [-0.25, -0.2) is 9.97 Å². The maximum absolute atomic E-state index is 5.34. The molecule has 5 nitrogen and oxygen atoms in total. The Kier molecular flexibility index (Phi) is 7.74. The van der Waals surface area contributed by atoms with Crippen LogP contribution in [0.1, 0.15) is 0 Å². The molecule has 1 aliphatic heterocycles. The summed E-state index contributed by atoms with van der Waals surface area (Å²) in [5, 5.41) is 6.11. The molecule has 1 N–H and O–H groups in total. The second-order valence-corrected chi connectivity index (χ2v) is 14.4. The highest BCUT2D eigenvalue weighted by molar-refractivity contribution is 6.09. The van der Waals surface area contributed by atoms with Crippen molar-refractivity contribution in [1.82, 2.24) is 14.5 Å². The molecule has 0 atom stereocenters. The van der Waals surface area contributed by atoms with Crippen LogP contribution in [0.3, 0.4) is 0 Å². The number of hydrogen-bond acceptors (Lipinski definition) is 4. The molecule has 5 heteroatoms. The smallest absolute Gasteiger partial charge is 0.160 e. The molecule has 0 spiro atoms. The predicted octanol–water partition coefficient (Wildman–Crippen LogP) is 13.8. The van der Waals surface area contributed by atoms with Gasteiger partial charge < -0.3 is 14.8 Å². The summed E-state index contributed by atoms with van der Waals surface area (Å²) in [5.74, 6) is 0.678. The van der Waals surface area contributed by atoms with Gasteiger partial charge in [-0.1, -0.05) is 146 Å². The average Bonchev–Trinajstić information content (AvgIpc) is 3.63. The summed E-state index contributed by atoms with van der Waals surface area (Å²) in [6.07, 6.45) is 0. The van der Waals surface area contributed by atoms with Crippen LogP contribution in [-0.4, -0.2) is 14.5 Å². The number of aromatic nitrogens is 3. The molecule has 8 aromatic carbocycles. The molecule has 0 aliphatic carbocycles. The molecule has 57 heavy (non-hydrogen) atoms. The third-order valence-corrected chi connectivity index (χ3v) is 10.9. The van der Waals surface area contributed by atoms with Gasteiger partial charge >= 0.3 is 0 Å². The van der Waals surface area contributed by atoms with E-state index in [4.69, 9.17) is 9.97 Å². The van der Waals surface area contributed by atoms with Crippen LogP contribution < -0.4 is 10.2 Å². The number of para-hydroxylation sites is 6. The maximum Gasteiger partial charge on any atom is 0.160 e. The van der Waals surface area contributed by atoms with Crippen molar-refractivity contribution in [3.8, 4) is 50.7 Å². The zero-order valence-electron chi connectivity index (χ0n) is 30.9. The fraction of sp³-hybridized carbons (Fsp3) is 0. The van der Waals surface area contributed by atoms with E-state index in [1.165, 1.54) is 16.3 Å². The number of anilines is 5. The lowest BCUT2D eigenvalue weighted by atomic mass is 10.0. The highest BCUT2D eigenvalue weighted by atomic mass is 15.2. The van der Waals surface area contributed by atoms with Gasteiger partial charge in [-0.15, -0.1) is 0 Å². The van der Waals surface area contributed by atoms with Crippen LogP contribution in [0.15, 0.2) is 206 Å². The van der Waals surface area contributed by atoms with Gasteiger partial charge in [0.2, 0.25) is 0 Å². The monoisotopic (exact) mass is 729 g/mol. The SMILES string of the molecule is c1ccc(-c2ccc(-c3cc(-c4cc(N5c6ccccc6Nc6ccccc65)cc(-n5c6ccccc6c6ccccc65)c4)nc(-c4ccccc4)n3)cc2)cc1. The molecule has 3 heterocycles. The molecule has 11 rings (SSSR count). The molecule has 0 unspecified atom stereocenters. The van der Waals surface area contributed by atoms with E-state index in [9.17, 15) is 0 Å². The molecular weight excluding hydrogens is 695 g/mol. The summed E-state index contributed by atoms with van der Waals surface area (Å²) < 4.78 is 2.39. The minimum absolute atomic E-state index is 0.678. The summed E-state index contributed by atoms with van der Waals surface area (Å²) in [5.41, 5.74) is 15.6. The summed E-state index contributed by atoms with van der Waals surface area (Å²) in [7, 11) is 0. The van der Waals surface area contributed by atoms with E-state index in [0.29, 0.717) is 5.82 Å². The fourth-order valence-corrected chi connectivity index (χ4v) is 8.23. The first-order chi connectivity index (χ1) is 28.2. The molecule has 0 amide bonds. The Morgan fingerprint density at radius 2 is 0.825 bits per heavy atom. The zero-order chi connectivity index (χ0) is 37.7. The van der Waals surface area contributed by atoms with Gasteiger partial charge in [0.15, 0.2) is 5.82 Å². The molecule has 2 aromatic heterocycles. The number of nitrogens with zero attached hydrogens (tertiary/aromatic N) is 4. The van der Waals surface area contributed by atoms with Crippen LogP contribution in [0.25, 0.3) is 72.5 Å². The Labute approximate surface area is 330 Å². The summed E-state index contributed by atoms with van der Waals surface area (Å²) in [4.78, 5) is 12.9. The highest BCUT2D eigenvalue weighted by Gasteiger charge is 2.25. The first kappa shape index (κ1) is 32.7. The average molecular weight is 730 g/mol. The van der Waals surface area contributed by atoms with Crippen molar-refractivity contribution >= 4 is 50.2 Å². The quantitative estimate of drug-likeness (QED) is 0.185. The number of hydrogen-bond donors (Lipinski definition) is 1. The van der Waals surface area contributed by atoms with Crippen molar-refractivity contribution in [2.24, 2.45) is 0 Å². The van der Waals surface area contributed by atoms with Crippen molar-refractivity contribution in [1.29, 1.82) is 0 Å². The fourth-order valence-electron chi connectivity index (χ4n) is 8.23. The third-order valence-electron chi connectivity index (χ3n) is 10.9. The van der Waals surface area contributed by atoms with Crippen LogP contribution in [0.4, 0.5) is 28.4 Å². The molecular formula is C52H35N5. The maximum atomic E-state index is 5.34. The lowest BCUT2D eigenvalue weighted by Crippen LogP contribution is -2.18. The number of benzene rings is 8. The largest absolute Gasteiger partial charge is 0.352 e. The Morgan fingerprint density at radius 3 is 1.46 bits per heavy atom. The van der Waals surface area contributed by atoms with Gasteiger partial charge in [-0.05, 0) is 71.8 Å². The number of nitrogens with one attached hydrogen (secondary N) is 1. The van der Waals surface area contributed by atoms with Crippen LogP contribution >= 0.6 is 0 Å². The molecule has 0 saturated carbocycles. The van der Waals surface area contributed by atoms with Crippen LogP contribution in [0, 0.1) is 0 Å². The Hall–Kier alpha value is -7.76. The molecule has 0 saturated heterocycles. The highest BCUT2D eigenvalue weighted by Crippen LogP contribution is 2.49. The van der Waals surface area contributed by atoms with Gasteiger partial charge in [-0.2, -0.15) is 0 Å². The topological polar surface area (TPSA) is 46.0 Å². The van der Waals surface area contributed by atoms with Gasteiger partial charge in [0.1, 0.15) is 0 Å². The lowest BCUT2D eigenvalue weighted by Gasteiger charge is -2.34. The van der Waals surface area contributed by atoms with Crippen molar-refractivity contribution in [2.75, 3.05) is 10.2 Å². The predicted molar refractivity (Wildman–Crippen MR) is 236 cm³/mol. The normalized spacial score (nSPS) is 12.0. The minimum atomic E-state index is 0.678. The summed E-state index contributed by atoms with van der Waals surface area (Å²) in [6.45, 7) is 0. The van der Waals surface area contributed by atoms with Crippen molar-refractivity contribution < 1.29 is 0 Å². The van der Waals surface area contributed by atoms with Crippen molar-refractivity contribution in [2.45, 2.75) is 0 Å². The van der Waals surface area contributed by atoms with E-state index in [0.717, 1.165) is 78.8 Å². The van der Waals surface area contributed by atoms with Gasteiger partial charge in [0.25, 0.3) is 0 Å². The minimum Gasteiger partial charge on any atom is -0.352 e. The number of rotatable bonds is 6. The van der Waals surface area contributed by atoms with E-state index in [2.05, 4.69) is 197 Å². The van der Waals surface area contributed by atoms with E-state index >= 15 is 0 Å². The lowest BCUT2D eigenvalue weighted by molar-refractivity contribution is 1.15. The standard InChI is InChI=1S/C52H35N5/c1-3-15-35(16-4-1)36-27-29-37(30-28-36)46-34-47(55-52(54-46)38-17-5-2-6-18-38)39-31-40(56-48-23-11-7-19-42(48)43-20-8-12-24-49(43)56)33-41(32-39)57-50-25-13-9-21-44(50)53-45-22-10-14-26-51(45)57/h1-34,53H. The summed E-state index contributed by atoms with van der Waals surface area (Å²) in [6, 6.07) is 72.8. The molecule has 0 fully saturated rings. The third kappa shape index (κ3) is 5.72. The summed E-state index contributed by atoms with van der Waals surface area (Å²) >= 11 is 0. The molecule has 268 valence electrons. The zero-order valence-corrected chi connectivity index (χ0v) is 30.9. The van der Waals surface area contributed by atoms with E-state index < -0.39 is 0 Å². The first-order valence-corrected chi connectivity index (χ1v) is 19.2. The first-order valence-electron chi connectivity index (χ1n) is 19.2. The van der Waals surface area contributed by atoms with E-state index in [1.807, 2.05) is 24.3 Å². The van der Waals surface area contributed by atoms with Crippen molar-refractivity contribution in [3.63, 3.8) is 0 Å². The van der Waals surface area contributed by atoms with Crippen LogP contribution in [0.2, 0.25) is 0 Å². The van der Waals surface area contributed by atoms with Gasteiger partial charge in [0.05, 0.1) is 45.2 Å². The molecule has 1 aliphatic rings. The van der Waals surface area contributed by atoms with E-state index in [-0.39, 0.29) is 0 Å². The van der Waals surface area contributed by atoms with E-state index in [1.54, 1.807) is 0 Å². The Morgan fingerprint density at radius 1 is 0.351 bits per heavy atom. The van der Waals surface area contributed by atoms with Crippen LogP contribution in [-0.2, 0) is 0 Å². The Balaban J connectivity index is 1.17. The molecule has 10 aromatic rings. The second kappa shape index (κ2) is 13.5. The van der Waals surface area contributed by atoms with Gasteiger partial charge in [0, 0.05) is 38.8 Å². The molecule has 0 bridgehead atoms.